The van der Waals surface area contributed by atoms with Gasteiger partial charge in [0.15, 0.2) is 5.17 Å². The molecule has 2 rings (SSSR count). The molecule has 0 bridgehead atoms. The van der Waals surface area contributed by atoms with Crippen molar-refractivity contribution in [3.8, 4) is 0 Å². The topological polar surface area (TPSA) is 38.4 Å². The van der Waals surface area contributed by atoms with Gasteiger partial charge in [-0.1, -0.05) is 17.8 Å². The van der Waals surface area contributed by atoms with Crippen molar-refractivity contribution in [1.82, 2.24) is 0 Å². The lowest BCUT2D eigenvalue weighted by Crippen LogP contribution is -2.09. The molecule has 0 fully saturated rings. The van der Waals surface area contributed by atoms with Crippen LogP contribution in [0.4, 0.5) is 0 Å². The highest BCUT2D eigenvalue weighted by atomic mass is 32.2. The maximum Gasteiger partial charge on any atom is 0.159 e. The summed E-state index contributed by atoms with van der Waals surface area (Å²) in [6.45, 7) is 0. The van der Waals surface area contributed by atoms with Crippen molar-refractivity contribution < 1.29 is 0 Å². The van der Waals surface area contributed by atoms with Crippen molar-refractivity contribution in [3.05, 3.63) is 28.5 Å². The van der Waals surface area contributed by atoms with Crippen LogP contribution in [0.25, 0.3) is 5.70 Å². The van der Waals surface area contributed by atoms with E-state index < -0.39 is 0 Å². The van der Waals surface area contributed by atoms with Gasteiger partial charge in [0.25, 0.3) is 0 Å². The summed E-state index contributed by atoms with van der Waals surface area (Å²) in [5, 5.41) is 2.71. The van der Waals surface area contributed by atoms with Crippen LogP contribution in [-0.4, -0.2) is 10.9 Å². The zero-order chi connectivity index (χ0) is 8.39. The van der Waals surface area contributed by atoms with Gasteiger partial charge >= 0.3 is 0 Å². The third-order valence-corrected chi connectivity index (χ3v) is 3.12. The zero-order valence-corrected chi connectivity index (χ0v) is 7.99. The second-order valence-electron chi connectivity index (χ2n) is 2.33. The average Bonchev–Trinajstić information content (AvgIpc) is 2.56. The first-order chi connectivity index (χ1) is 5.86. The molecule has 0 aromatic carbocycles. The van der Waals surface area contributed by atoms with Gasteiger partial charge in [-0.25, -0.2) is 4.99 Å². The fourth-order valence-electron chi connectivity index (χ4n) is 0.983. The van der Waals surface area contributed by atoms with Crippen LogP contribution < -0.4 is 5.73 Å². The van der Waals surface area contributed by atoms with E-state index in [4.69, 9.17) is 5.73 Å². The first-order valence-corrected chi connectivity index (χ1v) is 5.44. The molecule has 0 aliphatic carbocycles. The van der Waals surface area contributed by atoms with Gasteiger partial charge in [0.05, 0.1) is 10.6 Å². The van der Waals surface area contributed by atoms with Crippen LogP contribution in [0.5, 0.6) is 0 Å². The molecule has 62 valence electrons. The molecule has 0 saturated heterocycles. The monoisotopic (exact) mass is 196 g/mol. The summed E-state index contributed by atoms with van der Waals surface area (Å²) in [7, 11) is 0. The van der Waals surface area contributed by atoms with E-state index in [-0.39, 0.29) is 0 Å². The number of nitrogens with two attached hydrogens (primary N) is 1. The number of thioether (sulfide) groups is 1. The fraction of sp³-hybridized carbons (Fsp3) is 0.125. The molecule has 1 aromatic rings. The third-order valence-electron chi connectivity index (χ3n) is 1.51. The highest BCUT2D eigenvalue weighted by Gasteiger charge is 2.06. The number of aliphatic imine (C=N–C) groups is 1. The van der Waals surface area contributed by atoms with Crippen molar-refractivity contribution in [3.63, 3.8) is 0 Å². The number of hydrogen-bond donors (Lipinski definition) is 1. The molecule has 2 heterocycles. The predicted molar refractivity (Wildman–Crippen MR) is 56.4 cm³/mol. The Morgan fingerprint density at radius 2 is 2.42 bits per heavy atom. The van der Waals surface area contributed by atoms with Gasteiger partial charge in [-0.15, -0.1) is 11.3 Å². The number of amidine groups is 1. The van der Waals surface area contributed by atoms with E-state index in [1.165, 1.54) is 4.88 Å². The van der Waals surface area contributed by atoms with Crippen molar-refractivity contribution in [2.75, 3.05) is 5.75 Å². The maximum atomic E-state index is 5.61. The second kappa shape index (κ2) is 3.33. The van der Waals surface area contributed by atoms with Crippen molar-refractivity contribution >= 4 is 34.0 Å². The lowest BCUT2D eigenvalue weighted by Gasteiger charge is -2.06. The molecule has 0 saturated carbocycles. The SMILES string of the molecule is NC1=NC(c2cccs2)=CCS1. The first kappa shape index (κ1) is 7.89. The zero-order valence-electron chi connectivity index (χ0n) is 6.36. The Bertz CT molecular complexity index is 325. The van der Waals surface area contributed by atoms with Gasteiger partial charge in [-0.2, -0.15) is 0 Å². The minimum atomic E-state index is 0.668. The molecular formula is C8H8N2S2. The minimum absolute atomic E-state index is 0.668. The molecule has 0 radical (unpaired) electrons. The molecule has 0 amide bonds. The minimum Gasteiger partial charge on any atom is -0.378 e. The molecule has 2 nitrogen and oxygen atoms in total. The summed E-state index contributed by atoms with van der Waals surface area (Å²) >= 11 is 3.27. The van der Waals surface area contributed by atoms with Gasteiger partial charge in [0.1, 0.15) is 0 Å². The largest absolute Gasteiger partial charge is 0.378 e. The number of rotatable bonds is 1. The van der Waals surface area contributed by atoms with E-state index >= 15 is 0 Å². The van der Waals surface area contributed by atoms with Gasteiger partial charge < -0.3 is 5.73 Å². The van der Waals surface area contributed by atoms with Crippen LogP contribution in [0.2, 0.25) is 0 Å². The smallest absolute Gasteiger partial charge is 0.159 e. The quantitative estimate of drug-likeness (QED) is 0.747. The van der Waals surface area contributed by atoms with E-state index in [0.717, 1.165) is 11.4 Å². The molecule has 0 unspecified atom stereocenters. The standard InChI is InChI=1S/C8H8N2S2/c9-8-10-6(3-5-12-8)7-2-1-4-11-7/h1-4H,5H2,(H2,9,10). The Morgan fingerprint density at radius 1 is 1.50 bits per heavy atom. The summed E-state index contributed by atoms with van der Waals surface area (Å²) in [5.41, 5.74) is 6.62. The lowest BCUT2D eigenvalue weighted by atomic mass is 10.3. The lowest BCUT2D eigenvalue weighted by molar-refractivity contribution is 1.51. The fourth-order valence-corrected chi connectivity index (χ4v) is 2.27. The predicted octanol–water partition coefficient (Wildman–Crippen LogP) is 2.15. The number of nitrogens with zero attached hydrogens (tertiary/aromatic N) is 1. The first-order valence-electron chi connectivity index (χ1n) is 3.57. The van der Waals surface area contributed by atoms with Crippen molar-refractivity contribution in [2.24, 2.45) is 10.7 Å². The maximum absolute atomic E-state index is 5.61. The second-order valence-corrected chi connectivity index (χ2v) is 4.32. The Kier molecular flexibility index (Phi) is 2.19. The number of hydrogen-bond acceptors (Lipinski definition) is 4. The molecule has 12 heavy (non-hydrogen) atoms. The van der Waals surface area contributed by atoms with Crippen LogP contribution in [0.15, 0.2) is 28.6 Å². The normalized spacial score (nSPS) is 17.0. The van der Waals surface area contributed by atoms with Crippen LogP contribution in [0, 0.1) is 0 Å². The van der Waals surface area contributed by atoms with E-state index in [9.17, 15) is 0 Å². The molecule has 0 atom stereocenters. The summed E-state index contributed by atoms with van der Waals surface area (Å²) in [6, 6.07) is 4.08. The van der Waals surface area contributed by atoms with Crippen LogP contribution in [-0.2, 0) is 0 Å². The Labute approximate surface area is 79.2 Å². The summed E-state index contributed by atoms with van der Waals surface area (Å²) in [5.74, 6) is 0.933. The molecule has 4 heteroatoms. The van der Waals surface area contributed by atoms with Crippen molar-refractivity contribution in [1.29, 1.82) is 0 Å². The van der Waals surface area contributed by atoms with Crippen LogP contribution in [0.3, 0.4) is 0 Å². The molecule has 0 spiro atoms. The molecule has 1 aromatic heterocycles. The van der Waals surface area contributed by atoms with Crippen molar-refractivity contribution in [2.45, 2.75) is 0 Å². The van der Waals surface area contributed by atoms with Crippen LogP contribution >= 0.6 is 23.1 Å². The Balaban J connectivity index is 2.31. The van der Waals surface area contributed by atoms with Gasteiger partial charge in [0, 0.05) is 5.75 Å². The molecule has 1 aliphatic rings. The average molecular weight is 196 g/mol. The van der Waals surface area contributed by atoms with Crippen LogP contribution in [0.1, 0.15) is 4.88 Å². The van der Waals surface area contributed by atoms with E-state index in [2.05, 4.69) is 17.1 Å². The Morgan fingerprint density at radius 3 is 3.08 bits per heavy atom. The molecular weight excluding hydrogens is 188 g/mol. The summed E-state index contributed by atoms with van der Waals surface area (Å²) in [6.07, 6.45) is 2.10. The number of thiophene rings is 1. The molecule has 2 N–H and O–H groups in total. The summed E-state index contributed by atoms with van der Waals surface area (Å²) < 4.78 is 0. The van der Waals surface area contributed by atoms with E-state index in [1.807, 2.05) is 11.4 Å². The van der Waals surface area contributed by atoms with Gasteiger partial charge in [0.2, 0.25) is 0 Å². The third kappa shape index (κ3) is 1.54. The van der Waals surface area contributed by atoms with Gasteiger partial charge in [-0.05, 0) is 17.5 Å². The van der Waals surface area contributed by atoms with E-state index in [1.54, 1.807) is 23.1 Å². The molecule has 1 aliphatic heterocycles. The summed E-state index contributed by atoms with van der Waals surface area (Å²) in [4.78, 5) is 5.45. The Hall–Kier alpha value is -0.740. The highest BCUT2D eigenvalue weighted by molar-refractivity contribution is 8.14. The van der Waals surface area contributed by atoms with E-state index in [0.29, 0.717) is 5.17 Å². The van der Waals surface area contributed by atoms with Gasteiger partial charge in [-0.3, -0.25) is 0 Å². The highest BCUT2D eigenvalue weighted by Crippen LogP contribution is 2.25.